The number of nitrogens with zero attached hydrogens (tertiary/aromatic N) is 1. The molecule has 1 aromatic heterocycles. The number of rotatable bonds is 5. The molecule has 0 fully saturated rings. The van der Waals surface area contributed by atoms with Gasteiger partial charge in [0.15, 0.2) is 5.76 Å². The predicted octanol–water partition coefficient (Wildman–Crippen LogP) is 3.99. The number of carbonyl (C=O) groups is 1. The molecule has 0 aliphatic carbocycles. The number of benzene rings is 2. The molecule has 0 saturated carbocycles. The Morgan fingerprint density at radius 3 is 2.72 bits per heavy atom. The third-order valence-corrected chi connectivity index (χ3v) is 3.43. The average Bonchev–Trinajstić information content (AvgIpc) is 3.08. The van der Waals surface area contributed by atoms with Crippen LogP contribution in [0.25, 0.3) is 11.3 Å². The largest absolute Gasteiger partial charge is 0.496 e. The summed E-state index contributed by atoms with van der Waals surface area (Å²) >= 11 is 0. The van der Waals surface area contributed by atoms with E-state index in [0.29, 0.717) is 11.4 Å². The Morgan fingerprint density at radius 1 is 1.16 bits per heavy atom. The Hall–Kier alpha value is -3.22. The molecule has 0 N–H and O–H groups in total. The number of halogens is 2. The molecule has 0 aliphatic heterocycles. The summed E-state index contributed by atoms with van der Waals surface area (Å²) in [6.45, 7) is -0.163. The molecule has 0 saturated heterocycles. The summed E-state index contributed by atoms with van der Waals surface area (Å²) in [6, 6.07) is 11.2. The van der Waals surface area contributed by atoms with Crippen LogP contribution >= 0.6 is 0 Å². The number of hydrogen-bond donors (Lipinski definition) is 0. The van der Waals surface area contributed by atoms with Gasteiger partial charge in [0.1, 0.15) is 35.2 Å². The molecule has 0 unspecified atom stereocenters. The van der Waals surface area contributed by atoms with E-state index in [1.807, 2.05) is 0 Å². The van der Waals surface area contributed by atoms with Gasteiger partial charge in [0, 0.05) is 12.1 Å². The van der Waals surface area contributed by atoms with E-state index < -0.39 is 17.6 Å². The van der Waals surface area contributed by atoms with E-state index in [1.165, 1.54) is 19.2 Å². The first kappa shape index (κ1) is 16.6. The summed E-state index contributed by atoms with van der Waals surface area (Å²) in [6.07, 6.45) is 0. The van der Waals surface area contributed by atoms with Gasteiger partial charge in [-0.1, -0.05) is 17.3 Å². The monoisotopic (exact) mass is 345 g/mol. The van der Waals surface area contributed by atoms with Crippen molar-refractivity contribution in [1.29, 1.82) is 0 Å². The van der Waals surface area contributed by atoms with Crippen LogP contribution < -0.4 is 4.74 Å². The van der Waals surface area contributed by atoms with Crippen molar-refractivity contribution in [3.05, 3.63) is 71.4 Å². The van der Waals surface area contributed by atoms with Gasteiger partial charge in [-0.05, 0) is 24.3 Å². The molecule has 128 valence electrons. The fourth-order valence-electron chi connectivity index (χ4n) is 2.23. The van der Waals surface area contributed by atoms with Gasteiger partial charge in [-0.15, -0.1) is 0 Å². The predicted molar refractivity (Wildman–Crippen MR) is 84.0 cm³/mol. The Bertz CT molecular complexity index is 908. The molecule has 3 aromatic rings. The van der Waals surface area contributed by atoms with E-state index in [0.717, 1.165) is 12.1 Å². The van der Waals surface area contributed by atoms with E-state index in [-0.39, 0.29) is 23.5 Å². The lowest BCUT2D eigenvalue weighted by Gasteiger charge is -2.07. The zero-order valence-corrected chi connectivity index (χ0v) is 13.2. The minimum atomic E-state index is -0.770. The highest BCUT2D eigenvalue weighted by Gasteiger charge is 2.16. The van der Waals surface area contributed by atoms with Gasteiger partial charge in [0.2, 0.25) is 0 Å². The van der Waals surface area contributed by atoms with Crippen LogP contribution in [0.3, 0.4) is 0 Å². The van der Waals surface area contributed by atoms with Crippen LogP contribution in [0.4, 0.5) is 8.78 Å². The summed E-state index contributed by atoms with van der Waals surface area (Å²) in [5, 5.41) is 3.72. The van der Waals surface area contributed by atoms with Crippen LogP contribution in [0.2, 0.25) is 0 Å². The maximum Gasteiger partial charge on any atom is 0.342 e. The molecule has 1 heterocycles. The minimum absolute atomic E-state index is 0.0659. The first-order chi connectivity index (χ1) is 12.1. The highest BCUT2D eigenvalue weighted by molar-refractivity contribution is 5.92. The fourth-order valence-corrected chi connectivity index (χ4v) is 2.23. The number of esters is 1. The maximum absolute atomic E-state index is 13.7. The molecule has 25 heavy (non-hydrogen) atoms. The van der Waals surface area contributed by atoms with Crippen molar-refractivity contribution >= 4 is 5.97 Å². The SMILES string of the molecule is COc1ccccc1C(=O)OCc1cc(-c2ccc(F)cc2F)on1. The van der Waals surface area contributed by atoms with Gasteiger partial charge in [0.05, 0.1) is 12.7 Å². The van der Waals surface area contributed by atoms with Crippen molar-refractivity contribution in [2.75, 3.05) is 7.11 Å². The number of hydrogen-bond acceptors (Lipinski definition) is 5. The summed E-state index contributed by atoms with van der Waals surface area (Å²) < 4.78 is 42.0. The molecular formula is C18H13F2NO4. The summed E-state index contributed by atoms with van der Waals surface area (Å²) in [5.74, 6) is -1.54. The van der Waals surface area contributed by atoms with Gasteiger partial charge >= 0.3 is 5.97 Å². The summed E-state index contributed by atoms with van der Waals surface area (Å²) in [5.41, 5.74) is 0.636. The second kappa shape index (κ2) is 7.12. The molecule has 2 aromatic carbocycles. The van der Waals surface area contributed by atoms with Crippen LogP contribution in [-0.2, 0) is 11.3 Å². The molecular weight excluding hydrogens is 332 g/mol. The van der Waals surface area contributed by atoms with Gasteiger partial charge < -0.3 is 14.0 Å². The van der Waals surface area contributed by atoms with E-state index in [2.05, 4.69) is 5.16 Å². The Labute approximate surface area is 141 Å². The third-order valence-electron chi connectivity index (χ3n) is 3.43. The van der Waals surface area contributed by atoms with Crippen molar-refractivity contribution in [2.24, 2.45) is 0 Å². The number of carbonyl (C=O) groups excluding carboxylic acids is 1. The van der Waals surface area contributed by atoms with Crippen molar-refractivity contribution in [3.63, 3.8) is 0 Å². The normalized spacial score (nSPS) is 10.5. The highest BCUT2D eigenvalue weighted by atomic mass is 19.1. The molecule has 0 aliphatic rings. The third kappa shape index (κ3) is 3.65. The summed E-state index contributed by atoms with van der Waals surface area (Å²) in [4.78, 5) is 12.1. The fraction of sp³-hybridized carbons (Fsp3) is 0.111. The van der Waals surface area contributed by atoms with Crippen molar-refractivity contribution < 1.29 is 27.6 Å². The molecule has 5 nitrogen and oxygen atoms in total. The molecule has 7 heteroatoms. The smallest absolute Gasteiger partial charge is 0.342 e. The Morgan fingerprint density at radius 2 is 1.96 bits per heavy atom. The molecule has 0 amide bonds. The van der Waals surface area contributed by atoms with Gasteiger partial charge in [-0.2, -0.15) is 0 Å². The van der Waals surface area contributed by atoms with E-state index in [4.69, 9.17) is 14.0 Å². The van der Waals surface area contributed by atoms with Gasteiger partial charge in [-0.25, -0.2) is 13.6 Å². The second-order valence-electron chi connectivity index (χ2n) is 5.08. The Balaban J connectivity index is 1.70. The zero-order valence-electron chi connectivity index (χ0n) is 13.2. The number of methoxy groups -OCH3 is 1. The number of para-hydroxylation sites is 1. The van der Waals surface area contributed by atoms with Crippen molar-refractivity contribution in [3.8, 4) is 17.1 Å². The lowest BCUT2D eigenvalue weighted by Crippen LogP contribution is -2.07. The van der Waals surface area contributed by atoms with Crippen molar-refractivity contribution in [1.82, 2.24) is 5.16 Å². The summed E-state index contributed by atoms with van der Waals surface area (Å²) in [7, 11) is 1.45. The topological polar surface area (TPSA) is 61.6 Å². The standard InChI is InChI=1S/C18H13F2NO4/c1-23-16-5-3-2-4-14(16)18(22)24-10-12-9-17(25-21-12)13-7-6-11(19)8-15(13)20/h2-9H,10H2,1H3. The number of aromatic nitrogens is 1. The van der Waals surface area contributed by atoms with E-state index in [9.17, 15) is 13.6 Å². The van der Waals surface area contributed by atoms with Gasteiger partial charge in [0.25, 0.3) is 0 Å². The molecule has 0 spiro atoms. The van der Waals surface area contributed by atoms with E-state index in [1.54, 1.807) is 24.3 Å². The maximum atomic E-state index is 13.7. The van der Waals surface area contributed by atoms with Crippen LogP contribution in [0.15, 0.2) is 53.1 Å². The molecule has 0 atom stereocenters. The minimum Gasteiger partial charge on any atom is -0.496 e. The highest BCUT2D eigenvalue weighted by Crippen LogP contribution is 2.25. The van der Waals surface area contributed by atoms with Crippen LogP contribution in [0.5, 0.6) is 5.75 Å². The van der Waals surface area contributed by atoms with Gasteiger partial charge in [-0.3, -0.25) is 0 Å². The van der Waals surface area contributed by atoms with Crippen LogP contribution in [0.1, 0.15) is 16.1 Å². The lowest BCUT2D eigenvalue weighted by molar-refractivity contribution is 0.0460. The molecule has 3 rings (SSSR count). The Kier molecular flexibility index (Phi) is 4.74. The lowest BCUT2D eigenvalue weighted by atomic mass is 10.1. The second-order valence-corrected chi connectivity index (χ2v) is 5.08. The first-order valence-electron chi connectivity index (χ1n) is 7.29. The van der Waals surface area contributed by atoms with Crippen molar-refractivity contribution in [2.45, 2.75) is 6.61 Å². The average molecular weight is 345 g/mol. The van der Waals surface area contributed by atoms with E-state index >= 15 is 0 Å². The number of ether oxygens (including phenoxy) is 2. The molecule has 0 bridgehead atoms. The first-order valence-corrected chi connectivity index (χ1v) is 7.29. The zero-order chi connectivity index (χ0) is 17.8. The molecule has 0 radical (unpaired) electrons. The van der Waals surface area contributed by atoms with Crippen LogP contribution in [0, 0.1) is 11.6 Å². The quantitative estimate of drug-likeness (QED) is 0.655. The van der Waals surface area contributed by atoms with Crippen LogP contribution in [-0.4, -0.2) is 18.2 Å².